The molecule has 0 aliphatic rings. The van der Waals surface area contributed by atoms with Gasteiger partial charge in [-0.05, 0) is 37.4 Å². The summed E-state index contributed by atoms with van der Waals surface area (Å²) < 4.78 is 40.1. The van der Waals surface area contributed by atoms with Crippen molar-refractivity contribution in [2.75, 3.05) is 18.1 Å². The number of hydrogen-bond acceptors (Lipinski definition) is 4. The number of sulfonamides is 1. The monoisotopic (exact) mass is 329 g/mol. The van der Waals surface area contributed by atoms with Gasteiger partial charge in [-0.15, -0.1) is 0 Å². The Morgan fingerprint density at radius 2 is 1.90 bits per heavy atom. The number of nitrogen functional groups attached to an aromatic ring is 1. The fourth-order valence-electron chi connectivity index (χ4n) is 1.72. The van der Waals surface area contributed by atoms with Gasteiger partial charge in [0.2, 0.25) is 10.0 Å². The van der Waals surface area contributed by atoms with Crippen molar-refractivity contribution in [3.05, 3.63) is 47.2 Å². The van der Waals surface area contributed by atoms with Crippen molar-refractivity contribution in [1.29, 1.82) is 0 Å². The number of hydrogen-bond donors (Lipinski definition) is 3. The van der Waals surface area contributed by atoms with Gasteiger partial charge in [0.25, 0.3) is 0 Å². The van der Waals surface area contributed by atoms with Gasteiger partial charge in [-0.1, -0.05) is 17.7 Å². The molecule has 0 bridgehead atoms. The van der Waals surface area contributed by atoms with E-state index in [2.05, 4.69) is 10.0 Å². The van der Waals surface area contributed by atoms with Gasteiger partial charge in [-0.3, -0.25) is 0 Å². The Kier molecular flexibility index (Phi) is 4.36. The van der Waals surface area contributed by atoms with E-state index in [4.69, 9.17) is 17.3 Å². The minimum Gasteiger partial charge on any atom is -0.399 e. The predicted octanol–water partition coefficient (Wildman–Crippen LogP) is 2.71. The zero-order chi connectivity index (χ0) is 15.6. The van der Waals surface area contributed by atoms with Gasteiger partial charge in [0.15, 0.2) is 5.82 Å². The van der Waals surface area contributed by atoms with Crippen molar-refractivity contribution >= 4 is 38.7 Å². The van der Waals surface area contributed by atoms with Crippen LogP contribution in [0, 0.1) is 5.82 Å². The first kappa shape index (κ1) is 15.6. The van der Waals surface area contributed by atoms with E-state index in [1.807, 2.05) is 0 Å². The highest BCUT2D eigenvalue weighted by molar-refractivity contribution is 7.89. The molecule has 0 fully saturated rings. The van der Waals surface area contributed by atoms with Gasteiger partial charge in [0, 0.05) is 5.69 Å². The number of nitrogens with one attached hydrogen (secondary N) is 2. The van der Waals surface area contributed by atoms with Gasteiger partial charge >= 0.3 is 0 Å². The first-order chi connectivity index (χ1) is 9.85. The summed E-state index contributed by atoms with van der Waals surface area (Å²) in [5.41, 5.74) is 6.15. The molecule has 21 heavy (non-hydrogen) atoms. The SMILES string of the molecule is CNS(=O)(=O)c1cc(N)ccc1Nc1cccc(Cl)c1F. The molecule has 0 heterocycles. The lowest BCUT2D eigenvalue weighted by Crippen LogP contribution is -2.20. The maximum atomic E-state index is 13.9. The quantitative estimate of drug-likeness (QED) is 0.753. The van der Waals surface area contributed by atoms with Crippen LogP contribution in [0.5, 0.6) is 0 Å². The topological polar surface area (TPSA) is 84.2 Å². The fourth-order valence-corrected chi connectivity index (χ4v) is 2.81. The molecule has 0 atom stereocenters. The average molecular weight is 330 g/mol. The van der Waals surface area contributed by atoms with E-state index in [0.29, 0.717) is 0 Å². The smallest absolute Gasteiger partial charge is 0.242 e. The van der Waals surface area contributed by atoms with E-state index in [1.54, 1.807) is 6.07 Å². The summed E-state index contributed by atoms with van der Waals surface area (Å²) in [6, 6.07) is 8.66. The van der Waals surface area contributed by atoms with Crippen LogP contribution in [0.2, 0.25) is 5.02 Å². The van der Waals surface area contributed by atoms with Crippen molar-refractivity contribution in [3.63, 3.8) is 0 Å². The summed E-state index contributed by atoms with van der Waals surface area (Å²) in [7, 11) is -2.46. The number of benzene rings is 2. The van der Waals surface area contributed by atoms with Crippen LogP contribution >= 0.6 is 11.6 Å². The maximum absolute atomic E-state index is 13.9. The minimum atomic E-state index is -3.74. The van der Waals surface area contributed by atoms with Crippen LogP contribution < -0.4 is 15.8 Å². The van der Waals surface area contributed by atoms with E-state index < -0.39 is 15.8 Å². The first-order valence-electron chi connectivity index (χ1n) is 5.89. The summed E-state index contributed by atoms with van der Waals surface area (Å²) in [5, 5.41) is 2.65. The van der Waals surface area contributed by atoms with Gasteiger partial charge < -0.3 is 11.1 Å². The summed E-state index contributed by atoms with van der Waals surface area (Å²) in [6.07, 6.45) is 0. The van der Waals surface area contributed by atoms with Crippen molar-refractivity contribution < 1.29 is 12.8 Å². The standard InChI is InChI=1S/C13H13ClFN3O2S/c1-17-21(19,20)12-7-8(16)5-6-10(12)18-11-4-2-3-9(14)13(11)15/h2-7,17-18H,16H2,1H3. The van der Waals surface area contributed by atoms with E-state index >= 15 is 0 Å². The molecule has 8 heteroatoms. The lowest BCUT2D eigenvalue weighted by Gasteiger charge is -2.13. The van der Waals surface area contributed by atoms with Crippen LogP contribution in [0.3, 0.4) is 0 Å². The average Bonchev–Trinajstić information content (AvgIpc) is 2.45. The molecule has 2 aromatic rings. The second-order valence-electron chi connectivity index (χ2n) is 4.19. The minimum absolute atomic E-state index is 0.0616. The molecular weight excluding hydrogens is 317 g/mol. The van der Waals surface area contributed by atoms with Crippen LogP contribution in [-0.2, 0) is 10.0 Å². The molecule has 0 radical (unpaired) electrons. The van der Waals surface area contributed by atoms with E-state index in [9.17, 15) is 12.8 Å². The lowest BCUT2D eigenvalue weighted by molar-refractivity contribution is 0.588. The molecule has 0 saturated heterocycles. The maximum Gasteiger partial charge on any atom is 0.242 e. The summed E-state index contributed by atoms with van der Waals surface area (Å²) in [6.45, 7) is 0. The molecule has 2 rings (SSSR count). The summed E-state index contributed by atoms with van der Waals surface area (Å²) >= 11 is 5.70. The largest absolute Gasteiger partial charge is 0.399 e. The van der Waals surface area contributed by atoms with E-state index in [1.165, 1.54) is 37.4 Å². The number of nitrogens with two attached hydrogens (primary N) is 1. The van der Waals surface area contributed by atoms with Crippen LogP contribution in [-0.4, -0.2) is 15.5 Å². The molecule has 0 spiro atoms. The number of rotatable bonds is 4. The Balaban J connectivity index is 2.53. The zero-order valence-corrected chi connectivity index (χ0v) is 12.6. The lowest BCUT2D eigenvalue weighted by atomic mass is 10.2. The molecule has 4 N–H and O–H groups in total. The third-order valence-corrected chi connectivity index (χ3v) is 4.53. The Morgan fingerprint density at radius 1 is 1.19 bits per heavy atom. The third-order valence-electron chi connectivity index (χ3n) is 2.78. The normalized spacial score (nSPS) is 11.4. The molecule has 0 unspecified atom stereocenters. The van der Waals surface area contributed by atoms with E-state index in [-0.39, 0.29) is 27.0 Å². The Labute approximate surface area is 127 Å². The third kappa shape index (κ3) is 3.26. The second-order valence-corrected chi connectivity index (χ2v) is 6.45. The molecule has 0 amide bonds. The molecular formula is C13H13ClFN3O2S. The molecule has 0 saturated carbocycles. The highest BCUT2D eigenvalue weighted by Gasteiger charge is 2.18. The van der Waals surface area contributed by atoms with Crippen molar-refractivity contribution in [3.8, 4) is 0 Å². The van der Waals surface area contributed by atoms with Crippen LogP contribution in [0.1, 0.15) is 0 Å². The fraction of sp³-hybridized carbons (Fsp3) is 0.0769. The van der Waals surface area contributed by atoms with Crippen LogP contribution in [0.25, 0.3) is 0 Å². The molecule has 5 nitrogen and oxygen atoms in total. The summed E-state index contributed by atoms with van der Waals surface area (Å²) in [4.78, 5) is -0.0793. The molecule has 2 aromatic carbocycles. The first-order valence-corrected chi connectivity index (χ1v) is 7.75. The van der Waals surface area contributed by atoms with Crippen molar-refractivity contribution in [1.82, 2.24) is 4.72 Å². The number of halogens is 2. The van der Waals surface area contributed by atoms with E-state index in [0.717, 1.165) is 0 Å². The summed E-state index contributed by atoms with van der Waals surface area (Å²) in [5.74, 6) is -0.663. The molecule has 0 aromatic heterocycles. The molecule has 0 aliphatic carbocycles. The number of anilines is 3. The van der Waals surface area contributed by atoms with Gasteiger partial charge in [-0.2, -0.15) is 0 Å². The Morgan fingerprint density at radius 3 is 2.57 bits per heavy atom. The van der Waals surface area contributed by atoms with Gasteiger partial charge in [0.05, 0.1) is 16.4 Å². The van der Waals surface area contributed by atoms with Crippen molar-refractivity contribution in [2.24, 2.45) is 0 Å². The zero-order valence-electron chi connectivity index (χ0n) is 11.0. The highest BCUT2D eigenvalue weighted by Crippen LogP contribution is 2.30. The highest BCUT2D eigenvalue weighted by atomic mass is 35.5. The Hall–Kier alpha value is -1.83. The van der Waals surface area contributed by atoms with Crippen LogP contribution in [0.4, 0.5) is 21.5 Å². The van der Waals surface area contributed by atoms with Crippen molar-refractivity contribution in [2.45, 2.75) is 4.90 Å². The predicted molar refractivity (Wildman–Crippen MR) is 81.8 cm³/mol. The second kappa shape index (κ2) is 5.88. The van der Waals surface area contributed by atoms with Gasteiger partial charge in [0.1, 0.15) is 4.90 Å². The molecule has 112 valence electrons. The Bertz CT molecular complexity index is 781. The van der Waals surface area contributed by atoms with Crippen LogP contribution in [0.15, 0.2) is 41.3 Å². The van der Waals surface area contributed by atoms with Gasteiger partial charge in [-0.25, -0.2) is 17.5 Å². The molecule has 0 aliphatic heterocycles.